The summed E-state index contributed by atoms with van der Waals surface area (Å²) in [6.45, 7) is 2.05. The second-order valence-corrected chi connectivity index (χ2v) is 8.51. The van der Waals surface area contributed by atoms with Gasteiger partial charge in [0.2, 0.25) is 0 Å². The van der Waals surface area contributed by atoms with E-state index < -0.39 is 10.2 Å². The van der Waals surface area contributed by atoms with Crippen molar-refractivity contribution in [3.05, 3.63) is 83.0 Å². The van der Waals surface area contributed by atoms with E-state index >= 15 is 0 Å². The maximum atomic E-state index is 12.4. The Kier molecular flexibility index (Phi) is 2.89. The molecule has 0 fully saturated rings. The van der Waals surface area contributed by atoms with Gasteiger partial charge in [-0.1, -0.05) is 72.3 Å². The highest BCUT2D eigenvalue weighted by molar-refractivity contribution is 7.88. The number of nitrogens with zero attached hydrogens (tertiary/aromatic N) is 2. The summed E-state index contributed by atoms with van der Waals surface area (Å²) in [6, 6.07) is 22.4. The second-order valence-electron chi connectivity index (χ2n) is 7.25. The van der Waals surface area contributed by atoms with Crippen molar-refractivity contribution in [1.82, 2.24) is 0 Å². The summed E-state index contributed by atoms with van der Waals surface area (Å²) in [7, 11) is -3.88. The lowest BCUT2D eigenvalue weighted by Crippen LogP contribution is -2.24. The molecule has 4 nitrogen and oxygen atoms in total. The Morgan fingerprint density at radius 1 is 0.643 bits per heavy atom. The molecule has 0 aromatic heterocycles. The molecular formula is C23H14N2O2S. The molecule has 0 amide bonds. The SMILES string of the molecule is Cc1ccc2c(ccc3c4ccc5ccccc5c4c4c(c23)=NS(=O)(=O)N=4)c1. The first-order chi connectivity index (χ1) is 13.5. The Labute approximate surface area is 160 Å². The van der Waals surface area contributed by atoms with Gasteiger partial charge in [-0.3, -0.25) is 0 Å². The molecule has 5 aromatic rings. The maximum absolute atomic E-state index is 12.4. The molecule has 5 heteroatoms. The number of rotatable bonds is 0. The molecule has 0 bridgehead atoms. The normalized spacial score (nSPS) is 15.0. The topological polar surface area (TPSA) is 58.9 Å². The first kappa shape index (κ1) is 15.7. The van der Waals surface area contributed by atoms with Gasteiger partial charge in [0.15, 0.2) is 0 Å². The minimum atomic E-state index is -3.88. The Morgan fingerprint density at radius 2 is 1.21 bits per heavy atom. The number of hydrogen-bond acceptors (Lipinski definition) is 2. The zero-order chi connectivity index (χ0) is 19.0. The lowest BCUT2D eigenvalue weighted by Gasteiger charge is -2.10. The first-order valence-corrected chi connectivity index (χ1v) is 10.4. The predicted octanol–water partition coefficient (Wildman–Crippen LogP) is 4.11. The molecule has 0 N–H and O–H groups in total. The van der Waals surface area contributed by atoms with Gasteiger partial charge in [-0.05, 0) is 39.2 Å². The summed E-state index contributed by atoms with van der Waals surface area (Å²) < 4.78 is 32.8. The number of hydrogen-bond donors (Lipinski definition) is 0. The largest absolute Gasteiger partial charge is 0.364 e. The average Bonchev–Trinajstić information content (AvgIpc) is 3.01. The van der Waals surface area contributed by atoms with E-state index in [4.69, 9.17) is 0 Å². The third kappa shape index (κ3) is 2.02. The van der Waals surface area contributed by atoms with Crippen LogP contribution in [0.2, 0.25) is 0 Å². The zero-order valence-corrected chi connectivity index (χ0v) is 15.8. The summed E-state index contributed by atoms with van der Waals surface area (Å²) in [5.41, 5.74) is 1.16. The van der Waals surface area contributed by atoms with Crippen molar-refractivity contribution >= 4 is 53.3 Å². The van der Waals surface area contributed by atoms with Crippen molar-refractivity contribution in [3.63, 3.8) is 0 Å². The minimum absolute atomic E-state index is 0.451. The molecule has 5 aromatic carbocycles. The van der Waals surface area contributed by atoms with E-state index in [9.17, 15) is 8.42 Å². The van der Waals surface area contributed by atoms with Gasteiger partial charge < -0.3 is 0 Å². The molecule has 0 radical (unpaired) electrons. The quantitative estimate of drug-likeness (QED) is 0.379. The Balaban J connectivity index is 2.04. The molecule has 0 unspecified atom stereocenters. The highest BCUT2D eigenvalue weighted by Gasteiger charge is 2.20. The Morgan fingerprint density at radius 3 is 1.93 bits per heavy atom. The smallest absolute Gasteiger partial charge is 0.179 e. The van der Waals surface area contributed by atoms with Crippen molar-refractivity contribution in [2.24, 2.45) is 8.80 Å². The van der Waals surface area contributed by atoms with E-state index in [0.29, 0.717) is 10.7 Å². The lowest BCUT2D eigenvalue weighted by atomic mass is 9.93. The van der Waals surface area contributed by atoms with Crippen LogP contribution in [0.5, 0.6) is 0 Å². The van der Waals surface area contributed by atoms with Gasteiger partial charge in [-0.25, -0.2) is 0 Å². The molecule has 1 heterocycles. The molecule has 0 atom stereocenters. The van der Waals surface area contributed by atoms with Crippen LogP contribution in [-0.2, 0) is 10.2 Å². The third-order valence-electron chi connectivity index (χ3n) is 5.51. The summed E-state index contributed by atoms with van der Waals surface area (Å²) >= 11 is 0. The highest BCUT2D eigenvalue weighted by atomic mass is 32.2. The molecule has 6 rings (SSSR count). The molecule has 134 valence electrons. The van der Waals surface area contributed by atoms with Crippen LogP contribution in [0.3, 0.4) is 0 Å². The van der Waals surface area contributed by atoms with Gasteiger partial charge in [-0.15, -0.1) is 8.80 Å². The number of aryl methyl sites for hydroxylation is 1. The summed E-state index contributed by atoms with van der Waals surface area (Å²) in [5.74, 6) is 0. The lowest BCUT2D eigenvalue weighted by molar-refractivity contribution is 0.599. The van der Waals surface area contributed by atoms with Crippen LogP contribution < -0.4 is 10.7 Å². The summed E-state index contributed by atoms with van der Waals surface area (Å²) in [6.07, 6.45) is 0. The van der Waals surface area contributed by atoms with Crippen molar-refractivity contribution in [2.75, 3.05) is 0 Å². The fourth-order valence-electron chi connectivity index (χ4n) is 4.35. The van der Waals surface area contributed by atoms with Crippen LogP contribution in [0, 0.1) is 6.92 Å². The molecule has 0 aliphatic carbocycles. The van der Waals surface area contributed by atoms with E-state index in [1.807, 2.05) is 43.3 Å². The molecular weight excluding hydrogens is 368 g/mol. The minimum Gasteiger partial charge on any atom is -0.179 e. The van der Waals surface area contributed by atoms with Crippen LogP contribution >= 0.6 is 0 Å². The Hall–Kier alpha value is -3.31. The number of benzene rings is 5. The standard InChI is InChI=1S/C23H14N2O2S/c1-13-6-9-17-15(12-13)8-11-19-18-10-7-14-4-2-3-5-16(14)20(18)22-23(21(17)19)25-28(26,27)24-22/h2-12H,1H3. The van der Waals surface area contributed by atoms with Crippen LogP contribution in [0.1, 0.15) is 5.56 Å². The monoisotopic (exact) mass is 382 g/mol. The molecule has 0 saturated carbocycles. The summed E-state index contributed by atoms with van der Waals surface area (Å²) in [4.78, 5) is 0. The predicted molar refractivity (Wildman–Crippen MR) is 112 cm³/mol. The van der Waals surface area contributed by atoms with Gasteiger partial charge in [0.25, 0.3) is 0 Å². The van der Waals surface area contributed by atoms with E-state index in [2.05, 4.69) is 39.1 Å². The van der Waals surface area contributed by atoms with Crippen LogP contribution in [-0.4, -0.2) is 8.42 Å². The van der Waals surface area contributed by atoms with Crippen LogP contribution in [0.25, 0.3) is 43.1 Å². The van der Waals surface area contributed by atoms with E-state index in [0.717, 1.165) is 48.7 Å². The molecule has 0 saturated heterocycles. The average molecular weight is 382 g/mol. The van der Waals surface area contributed by atoms with E-state index in [1.54, 1.807) is 0 Å². The fraction of sp³-hybridized carbons (Fsp3) is 0.0435. The number of fused-ring (bicyclic) bond motifs is 10. The van der Waals surface area contributed by atoms with Gasteiger partial charge in [-0.2, -0.15) is 8.42 Å². The van der Waals surface area contributed by atoms with Crippen molar-refractivity contribution in [1.29, 1.82) is 0 Å². The molecule has 0 spiro atoms. The molecule has 1 aliphatic rings. The third-order valence-corrected chi connectivity index (χ3v) is 6.33. The summed E-state index contributed by atoms with van der Waals surface area (Å²) in [5, 5.41) is 8.67. The van der Waals surface area contributed by atoms with Gasteiger partial charge in [0, 0.05) is 10.8 Å². The van der Waals surface area contributed by atoms with E-state index in [-0.39, 0.29) is 0 Å². The van der Waals surface area contributed by atoms with Gasteiger partial charge >= 0.3 is 10.2 Å². The van der Waals surface area contributed by atoms with Crippen molar-refractivity contribution in [3.8, 4) is 0 Å². The van der Waals surface area contributed by atoms with Crippen LogP contribution in [0.15, 0.2) is 75.5 Å². The maximum Gasteiger partial charge on any atom is 0.364 e. The first-order valence-electron chi connectivity index (χ1n) is 9.03. The highest BCUT2D eigenvalue weighted by Crippen LogP contribution is 2.32. The second kappa shape index (κ2) is 5.14. The fourth-order valence-corrected chi connectivity index (χ4v) is 5.20. The van der Waals surface area contributed by atoms with Crippen LogP contribution in [0.4, 0.5) is 0 Å². The van der Waals surface area contributed by atoms with Crippen molar-refractivity contribution < 1.29 is 8.42 Å². The zero-order valence-electron chi connectivity index (χ0n) is 15.0. The molecule has 1 aliphatic heterocycles. The van der Waals surface area contributed by atoms with E-state index in [1.165, 1.54) is 0 Å². The van der Waals surface area contributed by atoms with Gasteiger partial charge in [0.05, 0.1) is 0 Å². The van der Waals surface area contributed by atoms with Crippen molar-refractivity contribution in [2.45, 2.75) is 6.92 Å². The molecule has 28 heavy (non-hydrogen) atoms. The Bertz CT molecular complexity index is 1740. The van der Waals surface area contributed by atoms with Gasteiger partial charge in [0.1, 0.15) is 10.7 Å².